The van der Waals surface area contributed by atoms with Crippen LogP contribution in [0.15, 0.2) is 59.8 Å². The third-order valence-electron chi connectivity index (χ3n) is 3.67. The molecule has 108 valence electrons. The fraction of sp³-hybridized carbons (Fsp3) is 0. The first-order chi connectivity index (χ1) is 10.5. The van der Waals surface area contributed by atoms with Gasteiger partial charge in [0.2, 0.25) is 0 Å². The molecule has 2 heterocycles. The van der Waals surface area contributed by atoms with Crippen molar-refractivity contribution in [2.24, 2.45) is 0 Å². The average Bonchev–Trinajstić information content (AvgIpc) is 2.51. The second-order valence-electron chi connectivity index (χ2n) is 5.05. The third kappa shape index (κ3) is 2.01. The Morgan fingerprint density at radius 3 is 2.41 bits per heavy atom. The van der Waals surface area contributed by atoms with Gasteiger partial charge in [0.05, 0.1) is 11.0 Å². The molecule has 6 heteroatoms. The SMILES string of the molecule is O=S(=O)(O)c1cnc2cc3ncc4ccccc4c3cc2c1. The molecule has 4 aromatic rings. The van der Waals surface area contributed by atoms with Crippen molar-refractivity contribution in [3.8, 4) is 0 Å². The summed E-state index contributed by atoms with van der Waals surface area (Å²) in [6.45, 7) is 0. The van der Waals surface area contributed by atoms with E-state index in [2.05, 4.69) is 9.97 Å². The maximum atomic E-state index is 11.3. The molecular weight excluding hydrogens is 300 g/mol. The minimum atomic E-state index is -4.27. The molecule has 0 amide bonds. The summed E-state index contributed by atoms with van der Waals surface area (Å²) in [5, 5.41) is 3.60. The largest absolute Gasteiger partial charge is 0.296 e. The molecule has 22 heavy (non-hydrogen) atoms. The quantitative estimate of drug-likeness (QED) is 0.332. The molecule has 0 bridgehead atoms. The van der Waals surface area contributed by atoms with E-state index in [0.717, 1.165) is 27.9 Å². The van der Waals surface area contributed by atoms with Crippen LogP contribution in [-0.4, -0.2) is 22.9 Å². The molecule has 2 aromatic carbocycles. The normalized spacial score (nSPS) is 12.2. The van der Waals surface area contributed by atoms with E-state index in [1.165, 1.54) is 6.07 Å². The summed E-state index contributed by atoms with van der Waals surface area (Å²) in [6.07, 6.45) is 2.95. The molecule has 2 aromatic heterocycles. The number of fused-ring (bicyclic) bond motifs is 4. The second-order valence-corrected chi connectivity index (χ2v) is 6.48. The Labute approximate surface area is 126 Å². The first kappa shape index (κ1) is 13.1. The number of benzene rings is 2. The lowest BCUT2D eigenvalue weighted by molar-refractivity contribution is 0.483. The van der Waals surface area contributed by atoms with Crippen LogP contribution in [-0.2, 0) is 10.1 Å². The topological polar surface area (TPSA) is 80.2 Å². The van der Waals surface area contributed by atoms with Crippen LogP contribution in [0.25, 0.3) is 32.6 Å². The molecule has 0 saturated carbocycles. The van der Waals surface area contributed by atoms with E-state index >= 15 is 0 Å². The van der Waals surface area contributed by atoms with Crippen LogP contribution in [0, 0.1) is 0 Å². The number of rotatable bonds is 1. The predicted octanol–water partition coefficient (Wildman–Crippen LogP) is 3.18. The minimum Gasteiger partial charge on any atom is -0.282 e. The van der Waals surface area contributed by atoms with Crippen molar-refractivity contribution >= 4 is 42.7 Å². The lowest BCUT2D eigenvalue weighted by atomic mass is 10.0. The summed E-state index contributed by atoms with van der Waals surface area (Å²) in [6, 6.07) is 12.9. The highest BCUT2D eigenvalue weighted by atomic mass is 32.2. The molecule has 0 unspecified atom stereocenters. The average molecular weight is 310 g/mol. The maximum Gasteiger partial charge on any atom is 0.296 e. The Kier molecular flexibility index (Phi) is 2.66. The summed E-state index contributed by atoms with van der Waals surface area (Å²) in [5.74, 6) is 0. The van der Waals surface area contributed by atoms with Crippen molar-refractivity contribution in [1.82, 2.24) is 9.97 Å². The molecule has 0 aliphatic heterocycles. The summed E-state index contributed by atoms with van der Waals surface area (Å²) in [5.41, 5.74) is 1.42. The highest BCUT2D eigenvalue weighted by Gasteiger charge is 2.12. The number of nitrogens with zero attached hydrogens (tertiary/aromatic N) is 2. The summed E-state index contributed by atoms with van der Waals surface area (Å²) < 4.78 is 31.7. The summed E-state index contributed by atoms with van der Waals surface area (Å²) >= 11 is 0. The molecule has 0 aliphatic carbocycles. The van der Waals surface area contributed by atoms with Gasteiger partial charge in [0.15, 0.2) is 0 Å². The zero-order valence-electron chi connectivity index (χ0n) is 11.3. The van der Waals surface area contributed by atoms with Crippen LogP contribution in [0.3, 0.4) is 0 Å². The van der Waals surface area contributed by atoms with Gasteiger partial charge in [0.25, 0.3) is 10.1 Å². The van der Waals surface area contributed by atoms with Gasteiger partial charge in [-0.1, -0.05) is 24.3 Å². The molecule has 4 rings (SSSR count). The van der Waals surface area contributed by atoms with E-state index < -0.39 is 10.1 Å². The van der Waals surface area contributed by atoms with E-state index in [1.807, 2.05) is 36.4 Å². The van der Waals surface area contributed by atoms with Gasteiger partial charge in [-0.15, -0.1) is 0 Å². The number of hydrogen-bond acceptors (Lipinski definition) is 4. The van der Waals surface area contributed by atoms with Crippen molar-refractivity contribution in [2.45, 2.75) is 4.90 Å². The van der Waals surface area contributed by atoms with E-state index in [9.17, 15) is 8.42 Å². The van der Waals surface area contributed by atoms with Crippen LogP contribution < -0.4 is 0 Å². The smallest absolute Gasteiger partial charge is 0.282 e. The van der Waals surface area contributed by atoms with Crippen LogP contribution in [0.5, 0.6) is 0 Å². The maximum absolute atomic E-state index is 11.3. The van der Waals surface area contributed by atoms with E-state index in [-0.39, 0.29) is 4.90 Å². The number of aromatic nitrogens is 2. The highest BCUT2D eigenvalue weighted by Crippen LogP contribution is 2.27. The Morgan fingerprint density at radius 1 is 0.818 bits per heavy atom. The molecular formula is C16H10N2O3S. The predicted molar refractivity (Wildman–Crippen MR) is 84.4 cm³/mol. The van der Waals surface area contributed by atoms with Crippen LogP contribution >= 0.6 is 0 Å². The lowest BCUT2D eigenvalue weighted by Gasteiger charge is -2.06. The van der Waals surface area contributed by atoms with Crippen LogP contribution in [0.1, 0.15) is 0 Å². The zero-order valence-corrected chi connectivity index (χ0v) is 12.1. The fourth-order valence-corrected chi connectivity index (χ4v) is 3.06. The molecule has 1 N–H and O–H groups in total. The first-order valence-electron chi connectivity index (χ1n) is 6.57. The first-order valence-corrected chi connectivity index (χ1v) is 8.01. The van der Waals surface area contributed by atoms with Crippen LogP contribution in [0.2, 0.25) is 0 Å². The van der Waals surface area contributed by atoms with Gasteiger partial charge in [0.1, 0.15) is 4.90 Å². The van der Waals surface area contributed by atoms with Gasteiger partial charge in [-0.05, 0) is 23.6 Å². The Balaban J connectivity index is 2.14. The van der Waals surface area contributed by atoms with Gasteiger partial charge in [-0.3, -0.25) is 14.5 Å². The zero-order chi connectivity index (χ0) is 15.3. The molecule has 0 spiro atoms. The monoisotopic (exact) mass is 310 g/mol. The van der Waals surface area contributed by atoms with Crippen molar-refractivity contribution in [1.29, 1.82) is 0 Å². The van der Waals surface area contributed by atoms with Crippen molar-refractivity contribution in [3.63, 3.8) is 0 Å². The summed E-state index contributed by atoms with van der Waals surface area (Å²) in [4.78, 5) is 8.31. The molecule has 0 saturated heterocycles. The second kappa shape index (κ2) is 4.46. The molecule has 5 nitrogen and oxygen atoms in total. The van der Waals surface area contributed by atoms with E-state index in [4.69, 9.17) is 4.55 Å². The third-order valence-corrected chi connectivity index (χ3v) is 4.48. The Hall–Kier alpha value is -2.57. The van der Waals surface area contributed by atoms with Gasteiger partial charge in [0, 0.05) is 28.6 Å². The van der Waals surface area contributed by atoms with Gasteiger partial charge >= 0.3 is 0 Å². The molecule has 0 aliphatic rings. The molecule has 0 fully saturated rings. The number of hydrogen-bond donors (Lipinski definition) is 1. The van der Waals surface area contributed by atoms with Crippen molar-refractivity contribution in [3.05, 3.63) is 54.9 Å². The summed E-state index contributed by atoms with van der Waals surface area (Å²) in [7, 11) is -4.27. The Bertz CT molecular complexity index is 1150. The van der Waals surface area contributed by atoms with Gasteiger partial charge in [-0.2, -0.15) is 8.42 Å². The number of pyridine rings is 2. The highest BCUT2D eigenvalue weighted by molar-refractivity contribution is 7.85. The molecule has 0 radical (unpaired) electrons. The Morgan fingerprint density at radius 2 is 1.59 bits per heavy atom. The van der Waals surface area contributed by atoms with E-state index in [1.54, 1.807) is 6.20 Å². The fourth-order valence-electron chi connectivity index (χ4n) is 2.60. The van der Waals surface area contributed by atoms with Crippen molar-refractivity contribution < 1.29 is 13.0 Å². The van der Waals surface area contributed by atoms with Crippen molar-refractivity contribution in [2.75, 3.05) is 0 Å². The lowest BCUT2D eigenvalue weighted by Crippen LogP contribution is -1.98. The standard InChI is InChI=1S/C16H10N2O3S/c19-22(20,21)12-5-11-6-14-13-4-2-1-3-10(13)8-17-16(14)7-15(11)18-9-12/h1-9H,(H,19,20,21). The van der Waals surface area contributed by atoms with E-state index in [0.29, 0.717) is 10.9 Å². The van der Waals surface area contributed by atoms with Gasteiger partial charge in [-0.25, -0.2) is 0 Å². The van der Waals surface area contributed by atoms with Gasteiger partial charge < -0.3 is 0 Å². The van der Waals surface area contributed by atoms with Crippen LogP contribution in [0.4, 0.5) is 0 Å². The minimum absolute atomic E-state index is 0.215. The molecule has 0 atom stereocenters.